The molecule has 1 aromatic carbocycles. The number of likely N-dealkylation sites (tertiary alicyclic amines) is 1. The van der Waals surface area contributed by atoms with Crippen LogP contribution in [0.5, 0.6) is 0 Å². The molecule has 0 spiro atoms. The Morgan fingerprint density at radius 3 is 2.94 bits per heavy atom. The second-order valence-electron chi connectivity index (χ2n) is 5.06. The number of anilines is 1. The van der Waals surface area contributed by atoms with Crippen LogP contribution < -0.4 is 4.90 Å². The Balaban J connectivity index is 2.22. The van der Waals surface area contributed by atoms with Crippen molar-refractivity contribution < 1.29 is 9.50 Å². The average Bonchev–Trinajstić information content (AvgIpc) is 2.37. The summed E-state index contributed by atoms with van der Waals surface area (Å²) in [4.78, 5) is 4.40. The predicted octanol–water partition coefficient (Wildman–Crippen LogP) is 1.85. The SMILES string of the molecule is CN1CCCC(N(C)c2cccc(F)c2CO)C1. The molecular formula is C14H21FN2O. The van der Waals surface area contributed by atoms with Crippen molar-refractivity contribution in [2.75, 3.05) is 32.1 Å². The maximum absolute atomic E-state index is 13.7. The first kappa shape index (κ1) is 13.3. The Hall–Kier alpha value is -1.13. The topological polar surface area (TPSA) is 26.7 Å². The summed E-state index contributed by atoms with van der Waals surface area (Å²) in [5.74, 6) is -0.328. The summed E-state index contributed by atoms with van der Waals surface area (Å²) in [6.45, 7) is 1.85. The van der Waals surface area contributed by atoms with Gasteiger partial charge in [0.15, 0.2) is 0 Å². The molecule has 4 heteroatoms. The summed E-state index contributed by atoms with van der Waals surface area (Å²) in [6.07, 6.45) is 2.28. The van der Waals surface area contributed by atoms with Gasteiger partial charge in [0, 0.05) is 30.9 Å². The Morgan fingerprint density at radius 1 is 1.50 bits per heavy atom. The van der Waals surface area contributed by atoms with Gasteiger partial charge in [0.05, 0.1) is 6.61 Å². The molecule has 1 N–H and O–H groups in total. The van der Waals surface area contributed by atoms with E-state index >= 15 is 0 Å². The highest BCUT2D eigenvalue weighted by atomic mass is 19.1. The minimum Gasteiger partial charge on any atom is -0.391 e. The summed E-state index contributed by atoms with van der Waals surface area (Å²) < 4.78 is 13.7. The van der Waals surface area contributed by atoms with Crippen LogP contribution in [-0.2, 0) is 6.61 Å². The molecule has 1 fully saturated rings. The first-order valence-electron chi connectivity index (χ1n) is 6.43. The normalized spacial score (nSPS) is 21.0. The molecule has 1 unspecified atom stereocenters. The second kappa shape index (κ2) is 5.67. The van der Waals surface area contributed by atoms with Crippen molar-refractivity contribution in [3.8, 4) is 0 Å². The van der Waals surface area contributed by atoms with E-state index in [1.54, 1.807) is 6.07 Å². The molecule has 0 aliphatic carbocycles. The van der Waals surface area contributed by atoms with Gasteiger partial charge in [0.1, 0.15) is 5.82 Å². The van der Waals surface area contributed by atoms with Crippen molar-refractivity contribution in [2.45, 2.75) is 25.5 Å². The highest BCUT2D eigenvalue weighted by Crippen LogP contribution is 2.26. The Labute approximate surface area is 108 Å². The first-order valence-corrected chi connectivity index (χ1v) is 6.43. The van der Waals surface area contributed by atoms with Crippen LogP contribution in [0.3, 0.4) is 0 Å². The number of aliphatic hydroxyl groups is 1. The van der Waals surface area contributed by atoms with E-state index in [4.69, 9.17) is 0 Å². The summed E-state index contributed by atoms with van der Waals surface area (Å²) >= 11 is 0. The fourth-order valence-corrected chi connectivity index (χ4v) is 2.69. The van der Waals surface area contributed by atoms with Gasteiger partial charge in [-0.1, -0.05) is 6.07 Å². The molecule has 1 saturated heterocycles. The first-order chi connectivity index (χ1) is 8.63. The van der Waals surface area contributed by atoms with Crippen molar-refractivity contribution in [2.24, 2.45) is 0 Å². The number of piperidine rings is 1. The number of likely N-dealkylation sites (N-methyl/N-ethyl adjacent to an activating group) is 2. The maximum Gasteiger partial charge on any atom is 0.130 e. The van der Waals surface area contributed by atoms with E-state index < -0.39 is 0 Å². The van der Waals surface area contributed by atoms with Gasteiger partial charge in [0.25, 0.3) is 0 Å². The molecule has 3 nitrogen and oxygen atoms in total. The standard InChI is InChI=1S/C14H21FN2O/c1-16-8-4-5-11(9-16)17(2)14-7-3-6-13(15)12(14)10-18/h3,6-7,11,18H,4-5,8-10H2,1-2H3. The Bertz CT molecular complexity index is 411. The van der Waals surface area contributed by atoms with Crippen molar-refractivity contribution in [1.82, 2.24) is 4.90 Å². The van der Waals surface area contributed by atoms with Gasteiger partial charge < -0.3 is 14.9 Å². The van der Waals surface area contributed by atoms with E-state index in [1.165, 1.54) is 6.07 Å². The van der Waals surface area contributed by atoms with Crippen LogP contribution >= 0.6 is 0 Å². The molecule has 1 aliphatic heterocycles. The summed E-state index contributed by atoms with van der Waals surface area (Å²) in [6, 6.07) is 5.36. The van der Waals surface area contributed by atoms with Crippen molar-refractivity contribution >= 4 is 5.69 Å². The van der Waals surface area contributed by atoms with E-state index in [0.29, 0.717) is 11.6 Å². The number of benzene rings is 1. The molecule has 18 heavy (non-hydrogen) atoms. The van der Waals surface area contributed by atoms with Crippen LogP contribution in [0, 0.1) is 5.82 Å². The third-order valence-corrected chi connectivity index (χ3v) is 3.78. The number of nitrogens with zero attached hydrogens (tertiary/aromatic N) is 2. The van der Waals surface area contributed by atoms with Gasteiger partial charge >= 0.3 is 0 Å². The molecule has 1 heterocycles. The lowest BCUT2D eigenvalue weighted by Crippen LogP contribution is -2.45. The van der Waals surface area contributed by atoms with E-state index in [0.717, 1.165) is 31.6 Å². The smallest absolute Gasteiger partial charge is 0.130 e. The monoisotopic (exact) mass is 252 g/mol. The Kier molecular flexibility index (Phi) is 4.19. The van der Waals surface area contributed by atoms with Gasteiger partial charge in [0.2, 0.25) is 0 Å². The molecule has 0 amide bonds. The zero-order valence-electron chi connectivity index (χ0n) is 11.1. The van der Waals surface area contributed by atoms with Crippen LogP contribution in [0.2, 0.25) is 0 Å². The van der Waals surface area contributed by atoms with E-state index in [9.17, 15) is 9.50 Å². The maximum atomic E-state index is 13.7. The number of hydrogen-bond donors (Lipinski definition) is 1. The number of hydrogen-bond acceptors (Lipinski definition) is 3. The summed E-state index contributed by atoms with van der Waals surface area (Å²) in [7, 11) is 4.09. The summed E-state index contributed by atoms with van der Waals surface area (Å²) in [5.41, 5.74) is 1.20. The van der Waals surface area contributed by atoms with E-state index in [1.807, 2.05) is 13.1 Å². The molecule has 1 aliphatic rings. The average molecular weight is 252 g/mol. The molecule has 0 aromatic heterocycles. The number of aliphatic hydroxyl groups excluding tert-OH is 1. The van der Waals surface area contributed by atoms with Gasteiger partial charge in [-0.2, -0.15) is 0 Å². The number of halogens is 1. The van der Waals surface area contributed by atoms with Crippen LogP contribution in [0.15, 0.2) is 18.2 Å². The van der Waals surface area contributed by atoms with Crippen molar-refractivity contribution in [3.63, 3.8) is 0 Å². The van der Waals surface area contributed by atoms with Gasteiger partial charge in [-0.05, 0) is 38.6 Å². The zero-order chi connectivity index (χ0) is 13.1. The predicted molar refractivity (Wildman–Crippen MR) is 71.2 cm³/mol. The fraction of sp³-hybridized carbons (Fsp3) is 0.571. The lowest BCUT2D eigenvalue weighted by Gasteiger charge is -2.37. The minimum atomic E-state index is -0.328. The number of rotatable bonds is 3. The molecule has 1 aromatic rings. The highest BCUT2D eigenvalue weighted by molar-refractivity contribution is 5.54. The van der Waals surface area contributed by atoms with Crippen LogP contribution in [-0.4, -0.2) is 43.2 Å². The van der Waals surface area contributed by atoms with Gasteiger partial charge in [-0.3, -0.25) is 0 Å². The lowest BCUT2D eigenvalue weighted by molar-refractivity contribution is 0.246. The second-order valence-corrected chi connectivity index (χ2v) is 5.06. The van der Waals surface area contributed by atoms with Crippen LogP contribution in [0.4, 0.5) is 10.1 Å². The molecule has 0 radical (unpaired) electrons. The Morgan fingerprint density at radius 2 is 2.28 bits per heavy atom. The van der Waals surface area contributed by atoms with E-state index in [-0.39, 0.29) is 12.4 Å². The summed E-state index contributed by atoms with van der Waals surface area (Å²) in [5, 5.41) is 9.32. The van der Waals surface area contributed by atoms with Crippen molar-refractivity contribution in [1.29, 1.82) is 0 Å². The van der Waals surface area contributed by atoms with Crippen molar-refractivity contribution in [3.05, 3.63) is 29.6 Å². The zero-order valence-corrected chi connectivity index (χ0v) is 11.1. The van der Waals surface area contributed by atoms with Crippen LogP contribution in [0.25, 0.3) is 0 Å². The molecular weight excluding hydrogens is 231 g/mol. The van der Waals surface area contributed by atoms with Gasteiger partial charge in [-0.15, -0.1) is 0 Å². The quantitative estimate of drug-likeness (QED) is 0.889. The third kappa shape index (κ3) is 2.65. The third-order valence-electron chi connectivity index (χ3n) is 3.78. The molecule has 0 bridgehead atoms. The van der Waals surface area contributed by atoms with Gasteiger partial charge in [-0.25, -0.2) is 4.39 Å². The molecule has 0 saturated carbocycles. The minimum absolute atomic E-state index is 0.255. The fourth-order valence-electron chi connectivity index (χ4n) is 2.69. The van der Waals surface area contributed by atoms with E-state index in [2.05, 4.69) is 16.8 Å². The van der Waals surface area contributed by atoms with Crippen LogP contribution in [0.1, 0.15) is 18.4 Å². The molecule has 1 atom stereocenters. The largest absolute Gasteiger partial charge is 0.391 e. The molecule has 100 valence electrons. The lowest BCUT2D eigenvalue weighted by atomic mass is 10.0. The highest BCUT2D eigenvalue weighted by Gasteiger charge is 2.23. The molecule has 2 rings (SSSR count).